The molecule has 1 aromatic heterocycles. The van der Waals surface area contributed by atoms with Crippen LogP contribution < -0.4 is 5.32 Å². The molecule has 8 heteroatoms. The Hall–Kier alpha value is -3.31. The van der Waals surface area contributed by atoms with E-state index < -0.39 is 17.3 Å². The number of aromatic nitrogens is 1. The Morgan fingerprint density at radius 1 is 1.13 bits per heavy atom. The molecule has 0 atom stereocenters. The number of hydrogen-bond acceptors (Lipinski definition) is 4. The predicted molar refractivity (Wildman–Crippen MR) is 109 cm³/mol. The van der Waals surface area contributed by atoms with Gasteiger partial charge in [0.1, 0.15) is 11.1 Å². The highest BCUT2D eigenvalue weighted by atomic mass is 32.2. The molecule has 0 saturated carbocycles. The van der Waals surface area contributed by atoms with Crippen LogP contribution in [0.2, 0.25) is 0 Å². The van der Waals surface area contributed by atoms with Crippen molar-refractivity contribution in [2.24, 2.45) is 0 Å². The molecule has 0 aliphatic heterocycles. The lowest BCUT2D eigenvalue weighted by Crippen LogP contribution is -2.12. The standard InChI is InChI=1S/C22H16F3N3OS/c1-14-10-19(22(23,24)25)18(12-26)21(27-14)30-13-15-6-5-7-16(11-15)20(29)28-17-8-3-2-4-9-17/h2-11H,13H2,1H3,(H,28,29). The Kier molecular flexibility index (Phi) is 6.43. The summed E-state index contributed by atoms with van der Waals surface area (Å²) in [7, 11) is 0. The molecule has 3 rings (SSSR count). The number of aryl methyl sites for hydroxylation is 1. The van der Waals surface area contributed by atoms with Crippen molar-refractivity contribution in [2.75, 3.05) is 5.32 Å². The lowest BCUT2D eigenvalue weighted by atomic mass is 10.1. The van der Waals surface area contributed by atoms with Crippen LogP contribution in [0.1, 0.15) is 32.7 Å². The summed E-state index contributed by atoms with van der Waals surface area (Å²) in [4.78, 5) is 16.6. The van der Waals surface area contributed by atoms with Crippen LogP contribution in [0.5, 0.6) is 0 Å². The third-order valence-corrected chi connectivity index (χ3v) is 5.17. The highest BCUT2D eigenvalue weighted by Crippen LogP contribution is 2.36. The van der Waals surface area contributed by atoms with Gasteiger partial charge in [-0.3, -0.25) is 4.79 Å². The topological polar surface area (TPSA) is 65.8 Å². The molecule has 0 fully saturated rings. The van der Waals surface area contributed by atoms with Crippen molar-refractivity contribution >= 4 is 23.4 Å². The first kappa shape index (κ1) is 21.4. The van der Waals surface area contributed by atoms with Crippen molar-refractivity contribution in [3.63, 3.8) is 0 Å². The highest BCUT2D eigenvalue weighted by Gasteiger charge is 2.35. The fraction of sp³-hybridized carbons (Fsp3) is 0.136. The van der Waals surface area contributed by atoms with Crippen molar-refractivity contribution in [2.45, 2.75) is 23.9 Å². The normalized spacial score (nSPS) is 11.0. The smallest absolute Gasteiger partial charge is 0.322 e. The van der Waals surface area contributed by atoms with Crippen molar-refractivity contribution in [3.8, 4) is 6.07 Å². The molecule has 0 saturated heterocycles. The molecule has 0 spiro atoms. The monoisotopic (exact) mass is 427 g/mol. The number of nitrogens with one attached hydrogen (secondary N) is 1. The first-order valence-electron chi connectivity index (χ1n) is 8.85. The fourth-order valence-corrected chi connectivity index (χ4v) is 3.75. The van der Waals surface area contributed by atoms with Crippen molar-refractivity contribution in [3.05, 3.63) is 88.6 Å². The van der Waals surface area contributed by atoms with Crippen LogP contribution in [0.4, 0.5) is 18.9 Å². The first-order valence-corrected chi connectivity index (χ1v) is 9.83. The van der Waals surface area contributed by atoms with Gasteiger partial charge >= 0.3 is 6.18 Å². The van der Waals surface area contributed by atoms with Crippen molar-refractivity contribution in [1.29, 1.82) is 5.26 Å². The van der Waals surface area contributed by atoms with Gasteiger partial charge in [-0.1, -0.05) is 30.3 Å². The molecular weight excluding hydrogens is 411 g/mol. The number of anilines is 1. The fourth-order valence-electron chi connectivity index (χ4n) is 2.76. The maximum atomic E-state index is 13.2. The molecule has 3 aromatic rings. The second kappa shape index (κ2) is 9.01. The van der Waals surface area contributed by atoms with E-state index in [0.717, 1.165) is 23.4 Å². The third kappa shape index (κ3) is 5.19. The van der Waals surface area contributed by atoms with E-state index in [1.54, 1.807) is 54.6 Å². The molecule has 4 nitrogen and oxygen atoms in total. The molecule has 152 valence electrons. The molecule has 0 aliphatic rings. The molecule has 2 aromatic carbocycles. The Bertz CT molecular complexity index is 1110. The molecule has 1 heterocycles. The van der Waals surface area contributed by atoms with Crippen LogP contribution in [0, 0.1) is 18.3 Å². The number of hydrogen-bond donors (Lipinski definition) is 1. The van der Waals surface area contributed by atoms with Gasteiger partial charge in [0.2, 0.25) is 0 Å². The minimum absolute atomic E-state index is 0.0176. The number of halogens is 3. The second-order valence-electron chi connectivity index (χ2n) is 6.41. The van der Waals surface area contributed by atoms with E-state index in [4.69, 9.17) is 0 Å². The van der Waals surface area contributed by atoms with Gasteiger partial charge in [0.25, 0.3) is 5.91 Å². The summed E-state index contributed by atoms with van der Waals surface area (Å²) in [6.45, 7) is 1.45. The van der Waals surface area contributed by atoms with E-state index in [-0.39, 0.29) is 22.4 Å². The molecule has 0 aliphatic carbocycles. The minimum atomic E-state index is -4.64. The molecular formula is C22H16F3N3OS. The number of carbonyl (C=O) groups is 1. The minimum Gasteiger partial charge on any atom is -0.322 e. The maximum absolute atomic E-state index is 13.2. The number of thioether (sulfide) groups is 1. The summed E-state index contributed by atoms with van der Waals surface area (Å²) >= 11 is 1.03. The Morgan fingerprint density at radius 3 is 2.53 bits per heavy atom. The quantitative estimate of drug-likeness (QED) is 0.521. The largest absolute Gasteiger partial charge is 0.417 e. The number of alkyl halides is 3. The summed E-state index contributed by atoms with van der Waals surface area (Å²) in [6, 6.07) is 18.3. The van der Waals surface area contributed by atoms with Crippen LogP contribution in [0.15, 0.2) is 65.7 Å². The Morgan fingerprint density at radius 2 is 1.87 bits per heavy atom. The third-order valence-electron chi connectivity index (χ3n) is 4.13. The summed E-state index contributed by atoms with van der Waals surface area (Å²) in [5.41, 5.74) is 0.503. The first-order chi connectivity index (χ1) is 14.3. The molecule has 0 radical (unpaired) electrons. The number of para-hydroxylation sites is 1. The van der Waals surface area contributed by atoms with E-state index >= 15 is 0 Å². The van der Waals surface area contributed by atoms with Crippen molar-refractivity contribution < 1.29 is 18.0 Å². The number of rotatable bonds is 5. The number of amides is 1. The molecule has 0 bridgehead atoms. The number of pyridine rings is 1. The number of nitrogens with zero attached hydrogens (tertiary/aromatic N) is 2. The number of carbonyl (C=O) groups excluding carboxylic acids is 1. The second-order valence-corrected chi connectivity index (χ2v) is 7.37. The van der Waals surface area contributed by atoms with Crippen LogP contribution in [0.25, 0.3) is 0 Å². The van der Waals surface area contributed by atoms with Gasteiger partial charge in [-0.05, 0) is 42.8 Å². The molecule has 1 N–H and O–H groups in total. The van der Waals surface area contributed by atoms with E-state index in [1.807, 2.05) is 6.07 Å². The van der Waals surface area contributed by atoms with Gasteiger partial charge in [0.05, 0.1) is 11.1 Å². The van der Waals surface area contributed by atoms with Gasteiger partial charge in [-0.25, -0.2) is 4.98 Å². The Balaban J connectivity index is 1.79. The van der Waals surface area contributed by atoms with Gasteiger partial charge < -0.3 is 5.32 Å². The van der Waals surface area contributed by atoms with Gasteiger partial charge in [-0.15, -0.1) is 11.8 Å². The van der Waals surface area contributed by atoms with Crippen LogP contribution in [-0.2, 0) is 11.9 Å². The zero-order chi connectivity index (χ0) is 21.7. The molecule has 0 unspecified atom stereocenters. The lowest BCUT2D eigenvalue weighted by Gasteiger charge is -2.13. The van der Waals surface area contributed by atoms with Gasteiger partial charge in [0, 0.05) is 22.7 Å². The Labute approximate surface area is 175 Å². The molecule has 30 heavy (non-hydrogen) atoms. The number of nitriles is 1. The van der Waals surface area contributed by atoms with Crippen LogP contribution in [-0.4, -0.2) is 10.9 Å². The van der Waals surface area contributed by atoms with Gasteiger partial charge in [0.15, 0.2) is 0 Å². The van der Waals surface area contributed by atoms with E-state index in [1.165, 1.54) is 6.92 Å². The van der Waals surface area contributed by atoms with Gasteiger partial charge in [-0.2, -0.15) is 18.4 Å². The summed E-state index contributed by atoms with van der Waals surface area (Å²) in [6.07, 6.45) is -4.64. The van der Waals surface area contributed by atoms with Crippen LogP contribution >= 0.6 is 11.8 Å². The lowest BCUT2D eigenvalue weighted by molar-refractivity contribution is -0.138. The van der Waals surface area contributed by atoms with E-state index in [2.05, 4.69) is 10.3 Å². The van der Waals surface area contributed by atoms with Crippen LogP contribution in [0.3, 0.4) is 0 Å². The van der Waals surface area contributed by atoms with Crippen molar-refractivity contribution in [1.82, 2.24) is 4.98 Å². The zero-order valence-corrected chi connectivity index (χ0v) is 16.6. The van der Waals surface area contributed by atoms with E-state index in [0.29, 0.717) is 11.3 Å². The van der Waals surface area contributed by atoms with E-state index in [9.17, 15) is 23.2 Å². The molecule has 1 amide bonds. The SMILES string of the molecule is Cc1cc(C(F)(F)F)c(C#N)c(SCc2cccc(C(=O)Nc3ccccc3)c2)n1. The summed E-state index contributed by atoms with van der Waals surface area (Å²) in [5.74, 6) is -0.0340. The zero-order valence-electron chi connectivity index (χ0n) is 15.8. The average Bonchev–Trinajstić information content (AvgIpc) is 2.72. The number of benzene rings is 2. The summed E-state index contributed by atoms with van der Waals surface area (Å²) in [5, 5.41) is 12.1. The average molecular weight is 427 g/mol. The predicted octanol–water partition coefficient (Wildman–Crippen LogP) is 5.83. The summed E-state index contributed by atoms with van der Waals surface area (Å²) < 4.78 is 39.7. The maximum Gasteiger partial charge on any atom is 0.417 e. The highest BCUT2D eigenvalue weighted by molar-refractivity contribution is 7.98.